The monoisotopic (exact) mass is 293 g/mol. The van der Waals surface area contributed by atoms with Crippen molar-refractivity contribution < 1.29 is 4.39 Å². The van der Waals surface area contributed by atoms with Gasteiger partial charge in [0, 0.05) is 18.5 Å². The van der Waals surface area contributed by atoms with Gasteiger partial charge in [-0.05, 0) is 19.1 Å². The highest BCUT2D eigenvalue weighted by Gasteiger charge is 2.17. The third kappa shape index (κ3) is 2.75. The van der Waals surface area contributed by atoms with Gasteiger partial charge in [-0.3, -0.25) is 0 Å². The molecule has 0 saturated carbocycles. The standard InChI is InChI=1S/C15H17ClFN3/c1-9(2)14-18-13(16)10(3)15(19-14)20(4)12-8-6-5-7-11(12)17/h5-9H,1-4H3. The SMILES string of the molecule is Cc1c(Cl)nc(C(C)C)nc1N(C)c1ccccc1F. The lowest BCUT2D eigenvalue weighted by Gasteiger charge is -2.22. The highest BCUT2D eigenvalue weighted by Crippen LogP contribution is 2.30. The normalized spacial score (nSPS) is 10.9. The predicted octanol–water partition coefficient (Wildman–Crippen LogP) is 4.47. The second-order valence-electron chi connectivity index (χ2n) is 4.99. The zero-order chi connectivity index (χ0) is 14.9. The van der Waals surface area contributed by atoms with Crippen LogP contribution < -0.4 is 4.90 Å². The zero-order valence-electron chi connectivity index (χ0n) is 12.0. The first-order valence-corrected chi connectivity index (χ1v) is 6.82. The van der Waals surface area contributed by atoms with Crippen LogP contribution in [0.2, 0.25) is 5.15 Å². The number of nitrogens with zero attached hydrogens (tertiary/aromatic N) is 3. The van der Waals surface area contributed by atoms with Crippen molar-refractivity contribution in [3.05, 3.63) is 46.6 Å². The van der Waals surface area contributed by atoms with Crippen LogP contribution in [0.1, 0.15) is 31.2 Å². The average Bonchev–Trinajstić information content (AvgIpc) is 2.41. The molecule has 1 heterocycles. The summed E-state index contributed by atoms with van der Waals surface area (Å²) in [5, 5.41) is 0.405. The van der Waals surface area contributed by atoms with Crippen molar-refractivity contribution in [1.29, 1.82) is 0 Å². The zero-order valence-corrected chi connectivity index (χ0v) is 12.7. The van der Waals surface area contributed by atoms with Gasteiger partial charge in [-0.1, -0.05) is 37.6 Å². The number of aromatic nitrogens is 2. The Labute approximate surface area is 123 Å². The van der Waals surface area contributed by atoms with Crippen LogP contribution in [-0.2, 0) is 0 Å². The van der Waals surface area contributed by atoms with E-state index in [4.69, 9.17) is 11.6 Å². The molecule has 1 aromatic heterocycles. The molecule has 0 saturated heterocycles. The summed E-state index contributed by atoms with van der Waals surface area (Å²) in [7, 11) is 1.77. The molecule has 2 rings (SSSR count). The molecule has 0 fully saturated rings. The van der Waals surface area contributed by atoms with Gasteiger partial charge < -0.3 is 4.90 Å². The van der Waals surface area contributed by atoms with Gasteiger partial charge in [0.15, 0.2) is 0 Å². The van der Waals surface area contributed by atoms with Crippen LogP contribution in [0, 0.1) is 12.7 Å². The van der Waals surface area contributed by atoms with E-state index in [-0.39, 0.29) is 11.7 Å². The summed E-state index contributed by atoms with van der Waals surface area (Å²) in [4.78, 5) is 10.5. The summed E-state index contributed by atoms with van der Waals surface area (Å²) in [6.45, 7) is 5.82. The molecule has 20 heavy (non-hydrogen) atoms. The Bertz CT molecular complexity index is 629. The molecule has 5 heteroatoms. The Kier molecular flexibility index (Phi) is 4.23. The summed E-state index contributed by atoms with van der Waals surface area (Å²) in [6, 6.07) is 6.58. The van der Waals surface area contributed by atoms with Crippen molar-refractivity contribution >= 4 is 23.1 Å². The molecule has 0 spiro atoms. The van der Waals surface area contributed by atoms with Crippen molar-refractivity contribution in [3.8, 4) is 0 Å². The number of anilines is 2. The van der Waals surface area contributed by atoms with Crippen molar-refractivity contribution in [2.75, 3.05) is 11.9 Å². The maximum atomic E-state index is 13.9. The van der Waals surface area contributed by atoms with E-state index in [1.165, 1.54) is 6.07 Å². The van der Waals surface area contributed by atoms with Gasteiger partial charge in [-0.25, -0.2) is 14.4 Å². The highest BCUT2D eigenvalue weighted by molar-refractivity contribution is 6.30. The molecule has 106 valence electrons. The molecule has 0 bridgehead atoms. The maximum Gasteiger partial charge on any atom is 0.146 e. The molecule has 0 N–H and O–H groups in total. The van der Waals surface area contributed by atoms with E-state index in [2.05, 4.69) is 9.97 Å². The third-order valence-corrected chi connectivity index (χ3v) is 3.49. The van der Waals surface area contributed by atoms with Crippen LogP contribution in [0.5, 0.6) is 0 Å². The number of hydrogen-bond donors (Lipinski definition) is 0. The van der Waals surface area contributed by atoms with Gasteiger partial charge in [-0.2, -0.15) is 0 Å². The van der Waals surface area contributed by atoms with Crippen LogP contribution in [0.15, 0.2) is 24.3 Å². The van der Waals surface area contributed by atoms with E-state index < -0.39 is 0 Å². The first-order valence-electron chi connectivity index (χ1n) is 6.44. The van der Waals surface area contributed by atoms with Crippen molar-refractivity contribution in [2.45, 2.75) is 26.7 Å². The van der Waals surface area contributed by atoms with Gasteiger partial charge in [0.2, 0.25) is 0 Å². The van der Waals surface area contributed by atoms with Gasteiger partial charge in [0.1, 0.15) is 22.6 Å². The number of para-hydroxylation sites is 1. The van der Waals surface area contributed by atoms with Crippen molar-refractivity contribution in [2.24, 2.45) is 0 Å². The smallest absolute Gasteiger partial charge is 0.146 e. The first-order chi connectivity index (χ1) is 9.41. The minimum Gasteiger partial charge on any atom is -0.327 e. The molecule has 0 atom stereocenters. The summed E-state index contributed by atoms with van der Waals surface area (Å²) < 4.78 is 13.9. The molecule has 0 unspecified atom stereocenters. The van der Waals surface area contributed by atoms with Gasteiger partial charge >= 0.3 is 0 Å². The summed E-state index contributed by atoms with van der Waals surface area (Å²) in [6.07, 6.45) is 0. The quantitative estimate of drug-likeness (QED) is 0.782. The Morgan fingerprint density at radius 1 is 1.20 bits per heavy atom. The lowest BCUT2D eigenvalue weighted by atomic mass is 10.2. The maximum absolute atomic E-state index is 13.9. The molecule has 0 radical (unpaired) electrons. The molecule has 0 aliphatic rings. The summed E-state index contributed by atoms with van der Waals surface area (Å²) in [5.41, 5.74) is 1.20. The van der Waals surface area contributed by atoms with E-state index in [0.717, 1.165) is 5.56 Å². The number of hydrogen-bond acceptors (Lipinski definition) is 3. The predicted molar refractivity (Wildman–Crippen MR) is 80.3 cm³/mol. The topological polar surface area (TPSA) is 29.0 Å². The van der Waals surface area contributed by atoms with E-state index in [1.54, 1.807) is 30.1 Å². The Morgan fingerprint density at radius 3 is 2.45 bits per heavy atom. The lowest BCUT2D eigenvalue weighted by Crippen LogP contribution is -2.16. The second kappa shape index (κ2) is 5.75. The average molecular weight is 294 g/mol. The Hall–Kier alpha value is -1.68. The molecule has 2 aromatic rings. The van der Waals surface area contributed by atoms with Crippen LogP contribution >= 0.6 is 11.6 Å². The highest BCUT2D eigenvalue weighted by atomic mass is 35.5. The largest absolute Gasteiger partial charge is 0.327 e. The van der Waals surface area contributed by atoms with E-state index in [9.17, 15) is 4.39 Å². The summed E-state index contributed by atoms with van der Waals surface area (Å²) in [5.74, 6) is 1.13. The Morgan fingerprint density at radius 2 is 1.85 bits per heavy atom. The van der Waals surface area contributed by atoms with Gasteiger partial charge in [-0.15, -0.1) is 0 Å². The first kappa shape index (κ1) is 14.7. The summed E-state index contributed by atoms with van der Waals surface area (Å²) >= 11 is 6.16. The van der Waals surface area contributed by atoms with Crippen LogP contribution in [0.25, 0.3) is 0 Å². The molecule has 0 amide bonds. The van der Waals surface area contributed by atoms with E-state index in [1.807, 2.05) is 20.8 Å². The minimum atomic E-state index is -0.296. The molecule has 1 aromatic carbocycles. The van der Waals surface area contributed by atoms with Crippen LogP contribution in [0.3, 0.4) is 0 Å². The number of rotatable bonds is 3. The molecular formula is C15H17ClFN3. The number of halogens is 2. The van der Waals surface area contributed by atoms with Crippen LogP contribution in [0.4, 0.5) is 15.9 Å². The van der Waals surface area contributed by atoms with Crippen molar-refractivity contribution in [1.82, 2.24) is 9.97 Å². The van der Waals surface area contributed by atoms with E-state index >= 15 is 0 Å². The minimum absolute atomic E-state index is 0.154. The Balaban J connectivity index is 2.54. The van der Waals surface area contributed by atoms with Crippen LogP contribution in [-0.4, -0.2) is 17.0 Å². The third-order valence-electron chi connectivity index (χ3n) is 3.13. The van der Waals surface area contributed by atoms with Crippen molar-refractivity contribution in [3.63, 3.8) is 0 Å². The molecular weight excluding hydrogens is 277 g/mol. The second-order valence-corrected chi connectivity index (χ2v) is 5.34. The van der Waals surface area contributed by atoms with Gasteiger partial charge in [0.05, 0.1) is 5.69 Å². The number of benzene rings is 1. The van der Waals surface area contributed by atoms with Gasteiger partial charge in [0.25, 0.3) is 0 Å². The fourth-order valence-electron chi connectivity index (χ4n) is 1.92. The fourth-order valence-corrected chi connectivity index (χ4v) is 2.09. The molecule has 3 nitrogen and oxygen atoms in total. The fraction of sp³-hybridized carbons (Fsp3) is 0.333. The molecule has 0 aliphatic carbocycles. The molecule has 0 aliphatic heterocycles. The van der Waals surface area contributed by atoms with E-state index in [0.29, 0.717) is 22.5 Å². The lowest BCUT2D eigenvalue weighted by molar-refractivity contribution is 0.627.